The number of hydrogen-bond donors (Lipinski definition) is 0. The molecule has 0 N–H and O–H groups in total. The molecule has 0 spiro atoms. The summed E-state index contributed by atoms with van der Waals surface area (Å²) in [6, 6.07) is 11.9. The zero-order chi connectivity index (χ0) is 39.3. The third-order valence-electron chi connectivity index (χ3n) is 10.9. The fourth-order valence-electron chi connectivity index (χ4n) is 7.51. The summed E-state index contributed by atoms with van der Waals surface area (Å²) in [5.74, 6) is 5.56. The molecule has 0 aliphatic heterocycles. The lowest BCUT2D eigenvalue weighted by Crippen LogP contribution is -2.00. The fourth-order valence-corrected chi connectivity index (χ4v) is 7.51. The quantitative estimate of drug-likeness (QED) is 0.0396. The Morgan fingerprint density at radius 3 is 1.05 bits per heavy atom. The number of allylic oxidation sites excluding steroid dienone is 4. The standard InChI is InChI=1S/C52H78O3/c1-3-5-7-9-11-13-15-17-19-21-23-25-27-29-31-33-39-49-47(43-45-53)37-35-41-51(49)55-52-42-36-38-48(44-46-54)50(52)40-34-32-30-28-26-24-22-20-18-16-14-12-10-8-6-4-2/h17-20,35-38,41-44H,3-16,21-34,39-40H2,1-2H3/b19-17-,20-18-. The predicted molar refractivity (Wildman–Crippen MR) is 240 cm³/mol. The Labute approximate surface area is 338 Å². The van der Waals surface area contributed by atoms with Crippen LogP contribution in [-0.2, 0) is 22.4 Å². The van der Waals surface area contributed by atoms with E-state index in [4.69, 9.17) is 4.74 Å². The van der Waals surface area contributed by atoms with Crippen LogP contribution in [0.2, 0.25) is 0 Å². The summed E-state index contributed by atoms with van der Waals surface area (Å²) in [7, 11) is 0. The highest BCUT2D eigenvalue weighted by molar-refractivity contribution is 5.78. The number of hydrogen-bond acceptors (Lipinski definition) is 3. The molecule has 0 saturated carbocycles. The van der Waals surface area contributed by atoms with E-state index in [0.29, 0.717) is 0 Å². The van der Waals surface area contributed by atoms with Crippen LogP contribution < -0.4 is 4.74 Å². The first-order valence-corrected chi connectivity index (χ1v) is 22.9. The Morgan fingerprint density at radius 1 is 0.418 bits per heavy atom. The van der Waals surface area contributed by atoms with E-state index in [2.05, 4.69) is 38.2 Å². The normalized spacial score (nSPS) is 11.3. The Morgan fingerprint density at radius 2 is 0.727 bits per heavy atom. The second-order valence-corrected chi connectivity index (χ2v) is 15.6. The molecule has 0 radical (unpaired) electrons. The summed E-state index contributed by atoms with van der Waals surface area (Å²) in [4.78, 5) is 22.9. The first-order chi connectivity index (χ1) is 27.2. The Hall–Kier alpha value is -3.38. The van der Waals surface area contributed by atoms with Crippen molar-refractivity contribution < 1.29 is 14.3 Å². The third-order valence-corrected chi connectivity index (χ3v) is 10.9. The van der Waals surface area contributed by atoms with Crippen molar-refractivity contribution in [3.05, 3.63) is 83.0 Å². The molecule has 2 aromatic carbocycles. The van der Waals surface area contributed by atoms with Gasteiger partial charge in [-0.1, -0.05) is 178 Å². The lowest BCUT2D eigenvalue weighted by molar-refractivity contribution is 0.465. The zero-order valence-electron chi connectivity index (χ0n) is 35.4. The van der Waals surface area contributed by atoms with Gasteiger partial charge in [-0.15, -0.1) is 0 Å². The molecule has 3 heteroatoms. The number of rotatable bonds is 36. The molecule has 2 rings (SSSR count). The van der Waals surface area contributed by atoms with Crippen LogP contribution in [0.4, 0.5) is 0 Å². The van der Waals surface area contributed by atoms with Crippen molar-refractivity contribution in [2.45, 2.75) is 206 Å². The van der Waals surface area contributed by atoms with E-state index in [1.54, 1.807) is 0 Å². The fraction of sp³-hybridized carbons (Fsp3) is 0.615. The molecular weight excluding hydrogens is 673 g/mol. The Kier molecular flexibility index (Phi) is 30.5. The number of carbonyl (C=O) groups excluding carboxylic acids is 2. The topological polar surface area (TPSA) is 43.4 Å². The van der Waals surface area contributed by atoms with Gasteiger partial charge in [-0.2, -0.15) is 0 Å². The molecule has 0 amide bonds. The summed E-state index contributed by atoms with van der Waals surface area (Å²) < 4.78 is 6.66. The van der Waals surface area contributed by atoms with Crippen LogP contribution in [0.5, 0.6) is 11.5 Å². The first-order valence-electron chi connectivity index (χ1n) is 22.9. The molecule has 0 aliphatic rings. The molecule has 0 fully saturated rings. The van der Waals surface area contributed by atoms with Crippen molar-refractivity contribution in [1.82, 2.24) is 0 Å². The molecule has 55 heavy (non-hydrogen) atoms. The molecule has 0 atom stereocenters. The van der Waals surface area contributed by atoms with Crippen LogP contribution in [0, 0.1) is 0 Å². The largest absolute Gasteiger partial charge is 0.457 e. The molecular formula is C52H78O3. The van der Waals surface area contributed by atoms with E-state index in [0.717, 1.165) is 72.3 Å². The van der Waals surface area contributed by atoms with Crippen molar-refractivity contribution in [2.24, 2.45) is 0 Å². The minimum absolute atomic E-state index is 0.784. The smallest absolute Gasteiger partial charge is 0.131 e. The molecule has 0 bridgehead atoms. The van der Waals surface area contributed by atoms with Crippen LogP contribution in [0.3, 0.4) is 0 Å². The monoisotopic (exact) mass is 751 g/mol. The number of ether oxygens (including phenoxy) is 1. The van der Waals surface area contributed by atoms with Crippen molar-refractivity contribution in [2.75, 3.05) is 0 Å². The molecule has 0 unspecified atom stereocenters. The lowest BCUT2D eigenvalue weighted by atomic mass is 9.98. The highest BCUT2D eigenvalue weighted by Crippen LogP contribution is 2.34. The van der Waals surface area contributed by atoms with E-state index in [1.165, 1.54) is 166 Å². The van der Waals surface area contributed by atoms with E-state index in [-0.39, 0.29) is 0 Å². The van der Waals surface area contributed by atoms with E-state index >= 15 is 0 Å². The average molecular weight is 751 g/mol. The number of unbranched alkanes of at least 4 members (excludes halogenated alkanes) is 24. The van der Waals surface area contributed by atoms with Gasteiger partial charge in [0, 0.05) is 23.3 Å². The van der Waals surface area contributed by atoms with Crippen LogP contribution in [0.15, 0.2) is 60.7 Å². The highest BCUT2D eigenvalue weighted by atomic mass is 16.5. The van der Waals surface area contributed by atoms with E-state index in [9.17, 15) is 9.59 Å². The maximum Gasteiger partial charge on any atom is 0.131 e. The molecule has 0 aliphatic carbocycles. The van der Waals surface area contributed by atoms with Gasteiger partial charge in [0.1, 0.15) is 23.4 Å². The molecule has 304 valence electrons. The van der Waals surface area contributed by atoms with E-state index in [1.807, 2.05) is 48.3 Å². The lowest BCUT2D eigenvalue weighted by Gasteiger charge is -2.17. The van der Waals surface area contributed by atoms with Gasteiger partial charge < -0.3 is 4.74 Å². The highest BCUT2D eigenvalue weighted by Gasteiger charge is 2.14. The summed E-state index contributed by atoms with van der Waals surface area (Å²) in [6.45, 7) is 4.55. The van der Waals surface area contributed by atoms with Gasteiger partial charge in [0.05, 0.1) is 0 Å². The zero-order valence-corrected chi connectivity index (χ0v) is 35.4. The summed E-state index contributed by atoms with van der Waals surface area (Å²) in [6.07, 6.45) is 50.1. The second kappa shape index (κ2) is 35.1. The van der Waals surface area contributed by atoms with Crippen molar-refractivity contribution in [1.29, 1.82) is 0 Å². The number of benzene rings is 2. The Bertz CT molecular complexity index is 1280. The van der Waals surface area contributed by atoms with Gasteiger partial charge in [-0.3, -0.25) is 0 Å². The molecule has 0 aromatic heterocycles. The van der Waals surface area contributed by atoms with Gasteiger partial charge >= 0.3 is 0 Å². The molecule has 2 aromatic rings. The third kappa shape index (κ3) is 24.0. The molecule has 3 nitrogen and oxygen atoms in total. The minimum atomic E-state index is 0.784. The maximum atomic E-state index is 11.4. The first kappa shape index (κ1) is 47.8. The van der Waals surface area contributed by atoms with Gasteiger partial charge in [0.25, 0.3) is 0 Å². The SMILES string of the molecule is CCCCCCCC/C=C\CCCCCCCCc1c(C=C=O)cccc1Oc1cccc(C=C=O)c1CCCCCCCC/C=C\CCCCCCCC. The summed E-state index contributed by atoms with van der Waals surface area (Å²) in [5, 5.41) is 0. The summed E-state index contributed by atoms with van der Waals surface area (Å²) >= 11 is 0. The van der Waals surface area contributed by atoms with Crippen LogP contribution in [-0.4, -0.2) is 11.9 Å². The van der Waals surface area contributed by atoms with E-state index < -0.39 is 0 Å². The molecule has 0 heterocycles. The van der Waals surface area contributed by atoms with Crippen molar-refractivity contribution in [3.63, 3.8) is 0 Å². The molecule has 0 saturated heterocycles. The summed E-state index contributed by atoms with van der Waals surface area (Å²) in [5.41, 5.74) is 3.86. The average Bonchev–Trinajstić information content (AvgIpc) is 3.19. The minimum Gasteiger partial charge on any atom is -0.457 e. The van der Waals surface area contributed by atoms with Gasteiger partial charge in [0.15, 0.2) is 0 Å². The van der Waals surface area contributed by atoms with Crippen molar-refractivity contribution >= 4 is 24.0 Å². The van der Waals surface area contributed by atoms with Gasteiger partial charge in [0.2, 0.25) is 0 Å². The van der Waals surface area contributed by atoms with Crippen LogP contribution in [0.1, 0.15) is 216 Å². The van der Waals surface area contributed by atoms with Crippen LogP contribution >= 0.6 is 0 Å². The van der Waals surface area contributed by atoms with Crippen molar-refractivity contribution in [3.8, 4) is 11.5 Å². The predicted octanol–water partition coefficient (Wildman–Crippen LogP) is 16.3. The Balaban J connectivity index is 1.78. The maximum absolute atomic E-state index is 11.4. The second-order valence-electron chi connectivity index (χ2n) is 15.6. The van der Waals surface area contributed by atoms with Gasteiger partial charge in [-0.25, -0.2) is 9.59 Å². The van der Waals surface area contributed by atoms with Gasteiger partial charge in [-0.05, 0) is 100 Å². The van der Waals surface area contributed by atoms with Crippen LogP contribution in [0.25, 0.3) is 12.2 Å².